The standard InChI is InChI=1S/C10H7BrN2O2/c11-8-2-1-6-4-9(13-10(14)15)12-5-7(6)3-8/h1-5H,(H,12,13)(H,14,15). The van der Waals surface area contributed by atoms with Crippen molar-refractivity contribution in [2.75, 3.05) is 5.32 Å². The van der Waals surface area contributed by atoms with Crippen molar-refractivity contribution < 1.29 is 9.90 Å². The number of hydrogen-bond donors (Lipinski definition) is 2. The predicted molar refractivity (Wildman–Crippen MR) is 61.1 cm³/mol. The highest BCUT2D eigenvalue weighted by atomic mass is 79.9. The molecule has 4 nitrogen and oxygen atoms in total. The second-order valence-corrected chi connectivity index (χ2v) is 3.91. The summed E-state index contributed by atoms with van der Waals surface area (Å²) in [7, 11) is 0. The zero-order valence-electron chi connectivity index (χ0n) is 7.57. The van der Waals surface area contributed by atoms with E-state index in [1.807, 2.05) is 18.2 Å². The Balaban J connectivity index is 2.47. The van der Waals surface area contributed by atoms with Crippen LogP contribution in [0.5, 0.6) is 0 Å². The van der Waals surface area contributed by atoms with Gasteiger partial charge in [0, 0.05) is 16.1 Å². The van der Waals surface area contributed by atoms with Crippen LogP contribution in [0.25, 0.3) is 10.8 Å². The number of pyridine rings is 1. The van der Waals surface area contributed by atoms with E-state index in [0.717, 1.165) is 15.2 Å². The molecule has 0 aliphatic rings. The molecule has 1 heterocycles. The third-order valence-electron chi connectivity index (χ3n) is 1.92. The zero-order chi connectivity index (χ0) is 10.8. The molecule has 1 aromatic carbocycles. The molecule has 0 aliphatic carbocycles. The molecule has 0 unspecified atom stereocenters. The number of nitrogens with zero attached hydrogens (tertiary/aromatic N) is 1. The summed E-state index contributed by atoms with van der Waals surface area (Å²) < 4.78 is 0.968. The number of carboxylic acid groups (broad SMARTS) is 1. The summed E-state index contributed by atoms with van der Waals surface area (Å²) in [6.07, 6.45) is 0.518. The van der Waals surface area contributed by atoms with Crippen molar-refractivity contribution >= 4 is 38.6 Å². The topological polar surface area (TPSA) is 62.2 Å². The van der Waals surface area contributed by atoms with Gasteiger partial charge < -0.3 is 5.11 Å². The normalized spacial score (nSPS) is 10.2. The molecule has 2 N–H and O–H groups in total. The molecule has 15 heavy (non-hydrogen) atoms. The van der Waals surface area contributed by atoms with Crippen molar-refractivity contribution in [2.45, 2.75) is 0 Å². The van der Waals surface area contributed by atoms with Crippen LogP contribution in [0.4, 0.5) is 10.6 Å². The van der Waals surface area contributed by atoms with Gasteiger partial charge in [0.25, 0.3) is 0 Å². The summed E-state index contributed by atoms with van der Waals surface area (Å²) in [5, 5.41) is 12.6. The minimum absolute atomic E-state index is 0.331. The molecule has 1 aromatic heterocycles. The molecule has 2 aromatic rings. The van der Waals surface area contributed by atoms with Crippen molar-refractivity contribution in [2.24, 2.45) is 0 Å². The van der Waals surface area contributed by atoms with Crippen LogP contribution in [0, 0.1) is 0 Å². The van der Waals surface area contributed by atoms with Gasteiger partial charge in [0.2, 0.25) is 0 Å². The van der Waals surface area contributed by atoms with Gasteiger partial charge in [-0.3, -0.25) is 5.32 Å². The van der Waals surface area contributed by atoms with Gasteiger partial charge in [-0.15, -0.1) is 0 Å². The van der Waals surface area contributed by atoms with Crippen molar-refractivity contribution in [3.8, 4) is 0 Å². The maximum atomic E-state index is 10.4. The Morgan fingerprint density at radius 3 is 2.87 bits per heavy atom. The number of carbonyl (C=O) groups is 1. The lowest BCUT2D eigenvalue weighted by molar-refractivity contribution is 0.209. The van der Waals surface area contributed by atoms with Crippen LogP contribution >= 0.6 is 15.9 Å². The average Bonchev–Trinajstić information content (AvgIpc) is 2.17. The Hall–Kier alpha value is -1.62. The fraction of sp³-hybridized carbons (Fsp3) is 0. The number of hydrogen-bond acceptors (Lipinski definition) is 2. The van der Waals surface area contributed by atoms with Gasteiger partial charge >= 0.3 is 6.09 Å². The summed E-state index contributed by atoms with van der Waals surface area (Å²) in [4.78, 5) is 14.4. The fourth-order valence-corrected chi connectivity index (χ4v) is 1.67. The summed E-state index contributed by atoms with van der Waals surface area (Å²) >= 11 is 3.35. The van der Waals surface area contributed by atoms with E-state index in [9.17, 15) is 4.79 Å². The van der Waals surface area contributed by atoms with Crippen LogP contribution in [-0.4, -0.2) is 16.2 Å². The van der Waals surface area contributed by atoms with Gasteiger partial charge in [0.05, 0.1) is 0 Å². The molecular weight excluding hydrogens is 260 g/mol. The highest BCUT2D eigenvalue weighted by molar-refractivity contribution is 9.10. The number of aromatic nitrogens is 1. The van der Waals surface area contributed by atoms with E-state index in [1.54, 1.807) is 12.3 Å². The Kier molecular flexibility index (Phi) is 2.55. The summed E-state index contributed by atoms with van der Waals surface area (Å²) in [5.41, 5.74) is 0. The van der Waals surface area contributed by atoms with Gasteiger partial charge in [-0.2, -0.15) is 0 Å². The molecule has 0 radical (unpaired) electrons. The van der Waals surface area contributed by atoms with E-state index in [-0.39, 0.29) is 0 Å². The fourth-order valence-electron chi connectivity index (χ4n) is 1.29. The lowest BCUT2D eigenvalue weighted by atomic mass is 10.2. The maximum Gasteiger partial charge on any atom is 0.410 e. The largest absolute Gasteiger partial charge is 0.465 e. The number of rotatable bonds is 1. The lowest BCUT2D eigenvalue weighted by Crippen LogP contribution is -2.08. The van der Waals surface area contributed by atoms with E-state index < -0.39 is 6.09 Å². The maximum absolute atomic E-state index is 10.4. The summed E-state index contributed by atoms with van der Waals surface area (Å²) in [6, 6.07) is 7.41. The van der Waals surface area contributed by atoms with Gasteiger partial charge in [-0.05, 0) is 23.6 Å². The molecule has 5 heteroatoms. The van der Waals surface area contributed by atoms with Gasteiger partial charge in [0.1, 0.15) is 5.82 Å². The van der Waals surface area contributed by atoms with Crippen molar-refractivity contribution in [1.82, 2.24) is 4.98 Å². The second kappa shape index (κ2) is 3.86. The van der Waals surface area contributed by atoms with Crippen LogP contribution in [0.2, 0.25) is 0 Å². The second-order valence-electron chi connectivity index (χ2n) is 2.99. The van der Waals surface area contributed by atoms with Crippen LogP contribution < -0.4 is 5.32 Å². The minimum Gasteiger partial charge on any atom is -0.465 e. The first kappa shape index (κ1) is 9.92. The van der Waals surface area contributed by atoms with Gasteiger partial charge in [-0.25, -0.2) is 9.78 Å². The first-order valence-corrected chi connectivity index (χ1v) is 5.00. The molecule has 0 spiro atoms. The SMILES string of the molecule is O=C(O)Nc1cc2ccc(Br)cc2cn1. The van der Waals surface area contributed by atoms with E-state index in [1.165, 1.54) is 0 Å². The zero-order valence-corrected chi connectivity index (χ0v) is 9.15. The van der Waals surface area contributed by atoms with E-state index in [0.29, 0.717) is 5.82 Å². The monoisotopic (exact) mass is 266 g/mol. The smallest absolute Gasteiger partial charge is 0.410 e. The van der Waals surface area contributed by atoms with Gasteiger partial charge in [0.15, 0.2) is 0 Å². The molecule has 0 saturated carbocycles. The van der Waals surface area contributed by atoms with E-state index >= 15 is 0 Å². The molecule has 2 rings (SSSR count). The molecule has 0 bridgehead atoms. The van der Waals surface area contributed by atoms with E-state index in [4.69, 9.17) is 5.11 Å². The predicted octanol–water partition coefficient (Wildman–Crippen LogP) is 3.09. The summed E-state index contributed by atoms with van der Waals surface area (Å²) in [6.45, 7) is 0. The van der Waals surface area contributed by atoms with Gasteiger partial charge in [-0.1, -0.05) is 22.0 Å². The number of benzene rings is 1. The third-order valence-corrected chi connectivity index (χ3v) is 2.41. The Morgan fingerprint density at radius 2 is 2.13 bits per heavy atom. The van der Waals surface area contributed by atoms with Crippen molar-refractivity contribution in [1.29, 1.82) is 0 Å². The quantitative estimate of drug-likeness (QED) is 0.834. The Bertz CT molecular complexity index is 528. The van der Waals surface area contributed by atoms with Crippen LogP contribution in [0.15, 0.2) is 34.9 Å². The molecule has 1 amide bonds. The van der Waals surface area contributed by atoms with Crippen LogP contribution in [0.3, 0.4) is 0 Å². The van der Waals surface area contributed by atoms with E-state index in [2.05, 4.69) is 26.2 Å². The highest BCUT2D eigenvalue weighted by Gasteiger charge is 2.01. The summed E-state index contributed by atoms with van der Waals surface area (Å²) in [5.74, 6) is 0.331. The number of amides is 1. The third kappa shape index (κ3) is 2.24. The highest BCUT2D eigenvalue weighted by Crippen LogP contribution is 2.20. The first-order chi connectivity index (χ1) is 7.15. The minimum atomic E-state index is -1.11. The van der Waals surface area contributed by atoms with Crippen LogP contribution in [-0.2, 0) is 0 Å². The molecule has 0 atom stereocenters. The number of halogens is 1. The molecular formula is C10H7BrN2O2. The number of fused-ring (bicyclic) bond motifs is 1. The lowest BCUT2D eigenvalue weighted by Gasteiger charge is -2.02. The molecule has 0 saturated heterocycles. The van der Waals surface area contributed by atoms with Crippen molar-refractivity contribution in [3.05, 3.63) is 34.9 Å². The van der Waals surface area contributed by atoms with Crippen LogP contribution in [0.1, 0.15) is 0 Å². The molecule has 76 valence electrons. The van der Waals surface area contributed by atoms with Crippen molar-refractivity contribution in [3.63, 3.8) is 0 Å². The number of nitrogens with one attached hydrogen (secondary N) is 1. The Morgan fingerprint density at radius 1 is 1.33 bits per heavy atom. The molecule has 0 fully saturated rings. The first-order valence-electron chi connectivity index (χ1n) is 4.20. The molecule has 0 aliphatic heterocycles. The Labute approximate surface area is 94.1 Å². The average molecular weight is 267 g/mol. The number of anilines is 1.